The third-order valence-electron chi connectivity index (χ3n) is 4.71. The zero-order valence-corrected chi connectivity index (χ0v) is 20.0. The number of benzene rings is 3. The molecule has 1 aliphatic heterocycles. The molecule has 0 spiro atoms. The van der Waals surface area contributed by atoms with Crippen LogP contribution in [0.1, 0.15) is 11.1 Å². The predicted molar refractivity (Wildman–Crippen MR) is 133 cm³/mol. The van der Waals surface area contributed by atoms with Crippen molar-refractivity contribution in [2.45, 2.75) is 6.61 Å². The first-order valence-electron chi connectivity index (χ1n) is 10.1. The van der Waals surface area contributed by atoms with E-state index in [1.54, 1.807) is 25.5 Å². The van der Waals surface area contributed by atoms with Crippen LogP contribution >= 0.6 is 22.6 Å². The van der Waals surface area contributed by atoms with E-state index in [1.807, 2.05) is 48.5 Å². The maximum absolute atomic E-state index is 12.1. The maximum Gasteiger partial charge on any atom is 0.259 e. The molecule has 3 aromatic rings. The summed E-state index contributed by atoms with van der Waals surface area (Å²) in [5.74, 6) is 2.31. The lowest BCUT2D eigenvalue weighted by atomic mass is 10.2. The number of hydrogen-bond donors (Lipinski definition) is 2. The monoisotopic (exact) mass is 559 g/mol. The van der Waals surface area contributed by atoms with Crippen LogP contribution < -0.4 is 29.7 Å². The maximum atomic E-state index is 12.1. The zero-order chi connectivity index (χ0) is 23.0. The van der Waals surface area contributed by atoms with Gasteiger partial charge in [0.05, 0.1) is 23.4 Å². The van der Waals surface area contributed by atoms with Crippen molar-refractivity contribution in [1.29, 1.82) is 0 Å². The standard InChI is InChI=1S/C24H22IN3O5/c1-30-22-10-17(9-19(25)24(22)31-14-16-5-3-2-4-6-16)12-27-28-23(29)13-26-18-7-8-20-21(11-18)33-15-32-20/h2-12,26H,13-15H2,1H3,(H,28,29)/b27-12-. The quantitative estimate of drug-likeness (QED) is 0.233. The van der Waals surface area contributed by atoms with Crippen LogP contribution in [0.4, 0.5) is 5.69 Å². The molecule has 2 N–H and O–H groups in total. The molecule has 33 heavy (non-hydrogen) atoms. The highest BCUT2D eigenvalue weighted by atomic mass is 127. The molecule has 8 nitrogen and oxygen atoms in total. The van der Waals surface area contributed by atoms with Crippen molar-refractivity contribution in [3.63, 3.8) is 0 Å². The van der Waals surface area contributed by atoms with Gasteiger partial charge in [-0.05, 0) is 58.0 Å². The lowest BCUT2D eigenvalue weighted by Gasteiger charge is -2.13. The Balaban J connectivity index is 1.31. The van der Waals surface area contributed by atoms with Crippen molar-refractivity contribution >= 4 is 40.4 Å². The molecule has 4 rings (SSSR count). The predicted octanol–water partition coefficient (Wildman–Crippen LogP) is 4.17. The highest BCUT2D eigenvalue weighted by Gasteiger charge is 2.14. The van der Waals surface area contributed by atoms with Crippen molar-refractivity contribution in [2.75, 3.05) is 25.8 Å². The number of halogens is 1. The van der Waals surface area contributed by atoms with Crippen LogP contribution in [0, 0.1) is 3.57 Å². The number of amides is 1. The third-order valence-corrected chi connectivity index (χ3v) is 5.51. The Morgan fingerprint density at radius 2 is 1.94 bits per heavy atom. The number of carbonyl (C=O) groups is 1. The van der Waals surface area contributed by atoms with E-state index in [-0.39, 0.29) is 19.2 Å². The van der Waals surface area contributed by atoms with E-state index in [9.17, 15) is 4.79 Å². The summed E-state index contributed by atoms with van der Waals surface area (Å²) in [5.41, 5.74) is 5.10. The summed E-state index contributed by atoms with van der Waals surface area (Å²) in [7, 11) is 1.59. The summed E-state index contributed by atoms with van der Waals surface area (Å²) in [4.78, 5) is 12.1. The van der Waals surface area contributed by atoms with Gasteiger partial charge in [0.15, 0.2) is 23.0 Å². The van der Waals surface area contributed by atoms with E-state index >= 15 is 0 Å². The van der Waals surface area contributed by atoms with Crippen molar-refractivity contribution in [2.24, 2.45) is 5.10 Å². The number of carbonyl (C=O) groups excluding carboxylic acids is 1. The first kappa shape index (κ1) is 22.7. The normalized spacial score (nSPS) is 11.9. The molecule has 1 aliphatic rings. The number of fused-ring (bicyclic) bond motifs is 1. The number of nitrogens with zero attached hydrogens (tertiary/aromatic N) is 1. The molecule has 1 heterocycles. The number of rotatable bonds is 9. The molecule has 1 amide bonds. The molecule has 0 aromatic heterocycles. The Labute approximate surface area is 205 Å². The van der Waals surface area contributed by atoms with E-state index in [2.05, 4.69) is 38.4 Å². The lowest BCUT2D eigenvalue weighted by Crippen LogP contribution is -2.25. The van der Waals surface area contributed by atoms with Crippen molar-refractivity contribution in [1.82, 2.24) is 5.43 Å². The number of ether oxygens (including phenoxy) is 4. The number of nitrogens with one attached hydrogen (secondary N) is 2. The minimum atomic E-state index is -0.284. The first-order valence-corrected chi connectivity index (χ1v) is 11.2. The summed E-state index contributed by atoms with van der Waals surface area (Å²) in [6.07, 6.45) is 1.56. The summed E-state index contributed by atoms with van der Waals surface area (Å²) >= 11 is 2.19. The van der Waals surface area contributed by atoms with Crippen LogP contribution in [0.3, 0.4) is 0 Å². The van der Waals surface area contributed by atoms with E-state index < -0.39 is 0 Å². The Hall–Kier alpha value is -3.47. The minimum Gasteiger partial charge on any atom is -0.493 e. The SMILES string of the molecule is COc1cc(/C=N\NC(=O)CNc2ccc3c(c2)OCO3)cc(I)c1OCc1ccccc1. The van der Waals surface area contributed by atoms with Gasteiger partial charge in [-0.15, -0.1) is 0 Å². The van der Waals surface area contributed by atoms with Gasteiger partial charge < -0.3 is 24.3 Å². The van der Waals surface area contributed by atoms with Gasteiger partial charge in [0.25, 0.3) is 5.91 Å². The lowest BCUT2D eigenvalue weighted by molar-refractivity contribution is -0.119. The molecule has 0 unspecified atom stereocenters. The molecule has 0 saturated carbocycles. The van der Waals surface area contributed by atoms with Gasteiger partial charge in [-0.3, -0.25) is 4.79 Å². The highest BCUT2D eigenvalue weighted by Crippen LogP contribution is 2.35. The van der Waals surface area contributed by atoms with Crippen molar-refractivity contribution in [3.05, 3.63) is 75.4 Å². The van der Waals surface area contributed by atoms with Crippen LogP contribution in [0.15, 0.2) is 65.8 Å². The van der Waals surface area contributed by atoms with E-state index in [4.69, 9.17) is 18.9 Å². The molecular formula is C24H22IN3O5. The fraction of sp³-hybridized carbons (Fsp3) is 0.167. The van der Waals surface area contributed by atoms with Gasteiger partial charge in [-0.2, -0.15) is 5.10 Å². The van der Waals surface area contributed by atoms with Crippen LogP contribution in [0.5, 0.6) is 23.0 Å². The molecular weight excluding hydrogens is 537 g/mol. The molecule has 170 valence electrons. The topological polar surface area (TPSA) is 90.4 Å². The second-order valence-corrected chi connectivity index (χ2v) is 8.19. The van der Waals surface area contributed by atoms with Crippen LogP contribution in [0.2, 0.25) is 0 Å². The molecule has 0 saturated heterocycles. The van der Waals surface area contributed by atoms with E-state index in [0.717, 1.165) is 20.4 Å². The van der Waals surface area contributed by atoms with Crippen LogP contribution in [-0.4, -0.2) is 32.6 Å². The Morgan fingerprint density at radius 3 is 2.76 bits per heavy atom. The number of anilines is 1. The molecule has 0 radical (unpaired) electrons. The molecule has 9 heteroatoms. The average molecular weight is 559 g/mol. The summed E-state index contributed by atoms with van der Waals surface area (Å²) in [6, 6.07) is 19.0. The first-order chi connectivity index (χ1) is 16.1. The summed E-state index contributed by atoms with van der Waals surface area (Å²) in [5, 5.41) is 7.07. The second-order valence-electron chi connectivity index (χ2n) is 7.02. The van der Waals surface area contributed by atoms with Crippen molar-refractivity contribution < 1.29 is 23.7 Å². The second kappa shape index (κ2) is 10.9. The summed E-state index contributed by atoms with van der Waals surface area (Å²) < 4.78 is 22.9. The minimum absolute atomic E-state index is 0.0596. The zero-order valence-electron chi connectivity index (χ0n) is 17.8. The number of hydrazone groups is 1. The van der Waals surface area contributed by atoms with Gasteiger partial charge in [0, 0.05) is 11.8 Å². The molecule has 0 fully saturated rings. The van der Waals surface area contributed by atoms with E-state index in [1.165, 1.54) is 0 Å². The third kappa shape index (κ3) is 6.07. The number of methoxy groups -OCH3 is 1. The highest BCUT2D eigenvalue weighted by molar-refractivity contribution is 14.1. The Kier molecular flexibility index (Phi) is 7.51. The Bertz CT molecular complexity index is 1150. The van der Waals surface area contributed by atoms with Crippen LogP contribution in [0.25, 0.3) is 0 Å². The molecule has 0 bridgehead atoms. The molecule has 0 atom stereocenters. The van der Waals surface area contributed by atoms with Gasteiger partial charge in [0.2, 0.25) is 6.79 Å². The van der Waals surface area contributed by atoms with E-state index in [0.29, 0.717) is 29.6 Å². The summed E-state index contributed by atoms with van der Waals surface area (Å²) in [6.45, 7) is 0.703. The van der Waals surface area contributed by atoms with Crippen LogP contribution in [-0.2, 0) is 11.4 Å². The van der Waals surface area contributed by atoms with Gasteiger partial charge in [-0.1, -0.05) is 30.3 Å². The van der Waals surface area contributed by atoms with Gasteiger partial charge in [0.1, 0.15) is 6.61 Å². The van der Waals surface area contributed by atoms with Gasteiger partial charge in [-0.25, -0.2) is 5.43 Å². The Morgan fingerprint density at radius 1 is 1.12 bits per heavy atom. The number of hydrogen-bond acceptors (Lipinski definition) is 7. The molecule has 0 aliphatic carbocycles. The van der Waals surface area contributed by atoms with Crippen molar-refractivity contribution in [3.8, 4) is 23.0 Å². The average Bonchev–Trinajstić information content (AvgIpc) is 3.30. The fourth-order valence-corrected chi connectivity index (χ4v) is 3.87. The molecule has 3 aromatic carbocycles. The smallest absolute Gasteiger partial charge is 0.259 e. The van der Waals surface area contributed by atoms with Gasteiger partial charge >= 0.3 is 0 Å². The fourth-order valence-electron chi connectivity index (χ4n) is 3.09. The largest absolute Gasteiger partial charge is 0.493 e.